The molecule has 1 saturated heterocycles. The molecular formula is C29H38F2N4O4. The molecule has 39 heavy (non-hydrogen) atoms. The number of halogens is 2. The first-order valence-electron chi connectivity index (χ1n) is 13.4. The lowest BCUT2D eigenvalue weighted by Gasteiger charge is -2.39. The van der Waals surface area contributed by atoms with Crippen LogP contribution in [-0.2, 0) is 33.8 Å². The van der Waals surface area contributed by atoms with Gasteiger partial charge in [-0.25, -0.2) is 8.78 Å². The molecule has 3 rings (SSSR count). The Morgan fingerprint density at radius 2 is 1.74 bits per heavy atom. The fourth-order valence-corrected chi connectivity index (χ4v) is 4.93. The number of hydrogen-bond acceptors (Lipinski definition) is 5. The van der Waals surface area contributed by atoms with Gasteiger partial charge in [0.1, 0.15) is 30.8 Å². The van der Waals surface area contributed by atoms with Crippen LogP contribution in [0.15, 0.2) is 42.5 Å². The smallest absolute Gasteiger partial charge is 0.246 e. The second-order valence-corrected chi connectivity index (χ2v) is 9.83. The number of piperazine rings is 1. The quantitative estimate of drug-likeness (QED) is 0.359. The molecular weight excluding hydrogens is 506 g/mol. The number of aliphatic hydroxyl groups is 1. The van der Waals surface area contributed by atoms with Crippen LogP contribution in [0.1, 0.15) is 43.9 Å². The molecule has 0 aromatic heterocycles. The minimum Gasteiger partial charge on any atom is -0.390 e. The summed E-state index contributed by atoms with van der Waals surface area (Å²) in [6, 6.07) is 9.54. The molecule has 3 amide bonds. The van der Waals surface area contributed by atoms with E-state index in [9.17, 15) is 28.3 Å². The monoisotopic (exact) mass is 544 g/mol. The van der Waals surface area contributed by atoms with E-state index in [2.05, 4.69) is 23.6 Å². The van der Waals surface area contributed by atoms with E-state index in [1.807, 2.05) is 18.2 Å². The topological polar surface area (TPSA) is 102 Å². The summed E-state index contributed by atoms with van der Waals surface area (Å²) in [7, 11) is 0. The SMILES string of the molecule is CCc1cccc(CNC[C@H](O)[C@H](Cc2cc(F)cc(F)c2)NC(=O)CN2CC(=O)N(CC)[C@@H](CC)C2=O)c1. The Kier molecular flexibility index (Phi) is 10.9. The number of aryl methyl sites for hydroxylation is 1. The maximum atomic E-state index is 13.8. The second-order valence-electron chi connectivity index (χ2n) is 9.83. The highest BCUT2D eigenvalue weighted by molar-refractivity contribution is 5.97. The third-order valence-electron chi connectivity index (χ3n) is 6.95. The van der Waals surface area contributed by atoms with Crippen molar-refractivity contribution in [2.75, 3.05) is 26.2 Å². The Balaban J connectivity index is 1.69. The summed E-state index contributed by atoms with van der Waals surface area (Å²) in [5.74, 6) is -2.65. The summed E-state index contributed by atoms with van der Waals surface area (Å²) in [5, 5.41) is 16.9. The lowest BCUT2D eigenvalue weighted by molar-refractivity contribution is -0.157. The van der Waals surface area contributed by atoms with Crippen molar-refractivity contribution in [1.29, 1.82) is 0 Å². The molecule has 1 aliphatic rings. The second kappa shape index (κ2) is 14.1. The molecule has 0 aliphatic carbocycles. The maximum Gasteiger partial charge on any atom is 0.246 e. The van der Waals surface area contributed by atoms with Gasteiger partial charge in [-0.15, -0.1) is 0 Å². The van der Waals surface area contributed by atoms with Crippen LogP contribution in [0.2, 0.25) is 0 Å². The Morgan fingerprint density at radius 1 is 1.05 bits per heavy atom. The van der Waals surface area contributed by atoms with Crippen LogP contribution in [0.25, 0.3) is 0 Å². The highest BCUT2D eigenvalue weighted by atomic mass is 19.1. The molecule has 0 bridgehead atoms. The molecule has 8 nitrogen and oxygen atoms in total. The fourth-order valence-electron chi connectivity index (χ4n) is 4.93. The van der Waals surface area contributed by atoms with Crippen molar-refractivity contribution in [3.05, 3.63) is 70.8 Å². The number of carbonyl (C=O) groups excluding carboxylic acids is 3. The van der Waals surface area contributed by atoms with Gasteiger partial charge in [-0.1, -0.05) is 38.1 Å². The van der Waals surface area contributed by atoms with Crippen LogP contribution in [0.3, 0.4) is 0 Å². The van der Waals surface area contributed by atoms with E-state index in [0.29, 0.717) is 19.5 Å². The number of rotatable bonds is 13. The van der Waals surface area contributed by atoms with Crippen LogP contribution >= 0.6 is 0 Å². The van der Waals surface area contributed by atoms with Crippen LogP contribution in [0.4, 0.5) is 8.78 Å². The molecule has 1 fully saturated rings. The highest BCUT2D eigenvalue weighted by Gasteiger charge is 2.38. The van der Waals surface area contributed by atoms with E-state index in [1.54, 1.807) is 13.8 Å². The molecule has 1 heterocycles. The average molecular weight is 545 g/mol. The zero-order chi connectivity index (χ0) is 28.5. The number of nitrogens with zero attached hydrogens (tertiary/aromatic N) is 2. The largest absolute Gasteiger partial charge is 0.390 e. The molecule has 10 heteroatoms. The summed E-state index contributed by atoms with van der Waals surface area (Å²) >= 11 is 0. The van der Waals surface area contributed by atoms with Gasteiger partial charge in [-0.3, -0.25) is 14.4 Å². The third-order valence-corrected chi connectivity index (χ3v) is 6.95. The first-order chi connectivity index (χ1) is 18.6. The minimum atomic E-state index is -1.10. The Labute approximate surface area is 228 Å². The Bertz CT molecular complexity index is 1140. The predicted octanol–water partition coefficient (Wildman–Crippen LogP) is 2.17. The predicted molar refractivity (Wildman–Crippen MR) is 144 cm³/mol. The van der Waals surface area contributed by atoms with Crippen molar-refractivity contribution in [3.63, 3.8) is 0 Å². The molecule has 0 spiro atoms. The van der Waals surface area contributed by atoms with Gasteiger partial charge < -0.3 is 25.5 Å². The van der Waals surface area contributed by atoms with Gasteiger partial charge in [0.25, 0.3) is 0 Å². The van der Waals surface area contributed by atoms with Gasteiger partial charge in [-0.05, 0) is 55.0 Å². The number of likely N-dealkylation sites (N-methyl/N-ethyl adjacent to an activating group) is 1. The first kappa shape index (κ1) is 30.2. The van der Waals surface area contributed by atoms with E-state index in [4.69, 9.17) is 0 Å². The maximum absolute atomic E-state index is 13.8. The Hall–Kier alpha value is -3.37. The van der Waals surface area contributed by atoms with E-state index in [0.717, 1.165) is 30.2 Å². The Morgan fingerprint density at radius 3 is 2.38 bits per heavy atom. The molecule has 0 saturated carbocycles. The summed E-state index contributed by atoms with van der Waals surface area (Å²) < 4.78 is 27.7. The minimum absolute atomic E-state index is 0.0390. The molecule has 0 unspecified atom stereocenters. The first-order valence-corrected chi connectivity index (χ1v) is 13.4. The molecule has 0 radical (unpaired) electrons. The van der Waals surface area contributed by atoms with Crippen molar-refractivity contribution < 1.29 is 28.3 Å². The van der Waals surface area contributed by atoms with E-state index in [-0.39, 0.29) is 43.4 Å². The molecule has 212 valence electrons. The van der Waals surface area contributed by atoms with Gasteiger partial charge in [0.15, 0.2) is 0 Å². The summed E-state index contributed by atoms with van der Waals surface area (Å²) in [5.41, 5.74) is 2.49. The van der Waals surface area contributed by atoms with Crippen LogP contribution in [0.5, 0.6) is 0 Å². The van der Waals surface area contributed by atoms with Crippen molar-refractivity contribution in [3.8, 4) is 0 Å². The number of amides is 3. The number of benzene rings is 2. The van der Waals surface area contributed by atoms with Gasteiger partial charge in [0.2, 0.25) is 17.7 Å². The number of nitrogens with one attached hydrogen (secondary N) is 2. The molecule has 2 aromatic rings. The van der Waals surface area contributed by atoms with Crippen LogP contribution < -0.4 is 10.6 Å². The number of carbonyl (C=O) groups is 3. The summed E-state index contributed by atoms with van der Waals surface area (Å²) in [6.07, 6.45) is 0.181. The van der Waals surface area contributed by atoms with Crippen molar-refractivity contribution in [1.82, 2.24) is 20.4 Å². The molecule has 2 aromatic carbocycles. The lowest BCUT2D eigenvalue weighted by Crippen LogP contribution is -2.61. The fraction of sp³-hybridized carbons (Fsp3) is 0.483. The highest BCUT2D eigenvalue weighted by Crippen LogP contribution is 2.16. The van der Waals surface area contributed by atoms with Gasteiger partial charge in [0, 0.05) is 25.7 Å². The zero-order valence-electron chi connectivity index (χ0n) is 22.8. The van der Waals surface area contributed by atoms with E-state index >= 15 is 0 Å². The van der Waals surface area contributed by atoms with Crippen LogP contribution in [0, 0.1) is 11.6 Å². The molecule has 1 aliphatic heterocycles. The third kappa shape index (κ3) is 8.31. The standard InChI is InChI=1S/C29H38F2N4O4/c1-4-19-8-7-9-20(10-19)15-32-16-26(36)24(13-21-11-22(30)14-23(31)12-21)33-27(37)17-34-18-28(38)35(6-3)25(5-2)29(34)39/h7-12,14,24-26,32,36H,4-6,13,15-18H2,1-3H3,(H,33,37)/t24-,25-,26-/m0/s1. The summed E-state index contributed by atoms with van der Waals surface area (Å²) in [6.45, 7) is 6.07. The normalized spacial score (nSPS) is 17.3. The van der Waals surface area contributed by atoms with Crippen molar-refractivity contribution in [2.24, 2.45) is 0 Å². The average Bonchev–Trinajstić information content (AvgIpc) is 2.89. The summed E-state index contributed by atoms with van der Waals surface area (Å²) in [4.78, 5) is 41.2. The molecule has 3 N–H and O–H groups in total. The van der Waals surface area contributed by atoms with Crippen molar-refractivity contribution in [2.45, 2.75) is 64.8 Å². The van der Waals surface area contributed by atoms with E-state index in [1.165, 1.54) is 15.4 Å². The molecule has 3 atom stereocenters. The number of aliphatic hydroxyl groups excluding tert-OH is 1. The van der Waals surface area contributed by atoms with Gasteiger partial charge in [-0.2, -0.15) is 0 Å². The number of hydrogen-bond donors (Lipinski definition) is 3. The van der Waals surface area contributed by atoms with E-state index < -0.39 is 35.7 Å². The lowest BCUT2D eigenvalue weighted by atomic mass is 10.00. The van der Waals surface area contributed by atoms with Gasteiger partial charge >= 0.3 is 0 Å². The zero-order valence-corrected chi connectivity index (χ0v) is 22.8. The van der Waals surface area contributed by atoms with Crippen molar-refractivity contribution >= 4 is 17.7 Å². The van der Waals surface area contributed by atoms with Gasteiger partial charge in [0.05, 0.1) is 12.1 Å². The van der Waals surface area contributed by atoms with Crippen LogP contribution in [-0.4, -0.2) is 77.0 Å².